The van der Waals surface area contributed by atoms with Crippen molar-refractivity contribution in [3.63, 3.8) is 0 Å². The number of fused-ring (bicyclic) bond motifs is 1. The Hall–Kier alpha value is -1.71. The van der Waals surface area contributed by atoms with E-state index >= 15 is 0 Å². The minimum Gasteiger partial charge on any atom is -0.426 e. The maximum Gasteiger partial charge on any atom is 0.356 e. The summed E-state index contributed by atoms with van der Waals surface area (Å²) >= 11 is 0. The highest BCUT2D eigenvalue weighted by atomic mass is 31.2. The van der Waals surface area contributed by atoms with Crippen LogP contribution in [0.3, 0.4) is 0 Å². The van der Waals surface area contributed by atoms with Gasteiger partial charge in [0.15, 0.2) is 0 Å². The summed E-state index contributed by atoms with van der Waals surface area (Å²) in [6.07, 6.45) is 2.04. The van der Waals surface area contributed by atoms with Gasteiger partial charge >= 0.3 is 13.2 Å². The Bertz CT molecular complexity index is 812. The minimum absolute atomic E-state index is 0.137. The predicted octanol–water partition coefficient (Wildman–Crippen LogP) is 2.08. The van der Waals surface area contributed by atoms with Crippen LogP contribution in [0.25, 0.3) is 5.31 Å². The molecule has 0 aliphatic heterocycles. The standard InChI is InChI=1S/C15H18NO6P/c1-4-15(21-5-2)6-11-13(12(7-15)23(18,19)20)9(3)10(8-16)14(17)22-11/h7H,4-6H2,1-3H3,(H2,18,19,20). The fourth-order valence-corrected chi connectivity index (χ4v) is 3.86. The van der Waals surface area contributed by atoms with Gasteiger partial charge in [-0.05, 0) is 31.9 Å². The van der Waals surface area contributed by atoms with Gasteiger partial charge in [-0.25, -0.2) is 4.79 Å². The van der Waals surface area contributed by atoms with Crippen LogP contribution in [0.15, 0.2) is 15.3 Å². The fourth-order valence-electron chi connectivity index (χ4n) is 2.87. The molecule has 1 atom stereocenters. The molecule has 0 amide bonds. The Morgan fingerprint density at radius 2 is 2.13 bits per heavy atom. The first-order valence-electron chi connectivity index (χ1n) is 7.19. The number of ether oxygens (including phenoxy) is 1. The molecule has 0 saturated heterocycles. The third-order valence-electron chi connectivity index (χ3n) is 4.02. The Labute approximate surface area is 133 Å². The van der Waals surface area contributed by atoms with E-state index < -0.39 is 18.8 Å². The van der Waals surface area contributed by atoms with E-state index in [1.165, 1.54) is 13.0 Å². The monoisotopic (exact) mass is 339 g/mol. The molecule has 0 aromatic carbocycles. The molecule has 1 unspecified atom stereocenters. The molecule has 1 aliphatic rings. The molecule has 124 valence electrons. The highest BCUT2D eigenvalue weighted by Gasteiger charge is 2.41. The lowest BCUT2D eigenvalue weighted by Gasteiger charge is -2.35. The van der Waals surface area contributed by atoms with Crippen LogP contribution in [-0.4, -0.2) is 22.0 Å². The van der Waals surface area contributed by atoms with Gasteiger partial charge < -0.3 is 18.9 Å². The Kier molecular flexibility index (Phi) is 4.65. The summed E-state index contributed by atoms with van der Waals surface area (Å²) in [5.74, 6) is 0.141. The summed E-state index contributed by atoms with van der Waals surface area (Å²) in [6, 6.07) is 1.73. The Morgan fingerprint density at radius 1 is 1.48 bits per heavy atom. The number of nitriles is 1. The van der Waals surface area contributed by atoms with E-state index in [0.717, 1.165) is 0 Å². The molecular formula is C15H18NO6P. The molecule has 1 aromatic heterocycles. The third kappa shape index (κ3) is 3.04. The fraction of sp³-hybridized carbons (Fsp3) is 0.467. The molecule has 1 aromatic rings. The quantitative estimate of drug-likeness (QED) is 0.806. The van der Waals surface area contributed by atoms with Crippen molar-refractivity contribution in [3.8, 4) is 6.07 Å². The predicted molar refractivity (Wildman–Crippen MR) is 82.8 cm³/mol. The molecule has 0 fully saturated rings. The first kappa shape index (κ1) is 17.6. The normalized spacial score (nSPS) is 20.6. The van der Waals surface area contributed by atoms with Crippen molar-refractivity contribution in [2.24, 2.45) is 0 Å². The van der Waals surface area contributed by atoms with E-state index in [0.29, 0.717) is 13.0 Å². The molecule has 0 saturated carbocycles. The lowest BCUT2D eigenvalue weighted by Crippen LogP contribution is -2.36. The Balaban J connectivity index is 2.85. The van der Waals surface area contributed by atoms with Gasteiger partial charge in [0.25, 0.3) is 0 Å². The molecule has 1 aliphatic carbocycles. The lowest BCUT2D eigenvalue weighted by atomic mass is 9.85. The maximum atomic E-state index is 12.0. The molecule has 23 heavy (non-hydrogen) atoms. The van der Waals surface area contributed by atoms with Crippen molar-refractivity contribution in [1.82, 2.24) is 0 Å². The topological polar surface area (TPSA) is 121 Å². The number of rotatable bonds is 4. The number of nitrogens with zero attached hydrogens (tertiary/aromatic N) is 1. The van der Waals surface area contributed by atoms with E-state index in [9.17, 15) is 19.1 Å². The molecule has 7 nitrogen and oxygen atoms in total. The van der Waals surface area contributed by atoms with Crippen LogP contribution in [0.5, 0.6) is 0 Å². The van der Waals surface area contributed by atoms with Crippen molar-refractivity contribution in [2.45, 2.75) is 39.2 Å². The number of hydrogen-bond acceptors (Lipinski definition) is 5. The first-order valence-corrected chi connectivity index (χ1v) is 8.80. The first-order chi connectivity index (χ1) is 10.7. The van der Waals surface area contributed by atoms with Crippen LogP contribution in [0.2, 0.25) is 0 Å². The molecule has 2 N–H and O–H groups in total. The highest BCUT2D eigenvalue weighted by molar-refractivity contribution is 7.63. The molecule has 2 rings (SSSR count). The van der Waals surface area contributed by atoms with Crippen LogP contribution >= 0.6 is 7.60 Å². The van der Waals surface area contributed by atoms with Crippen LogP contribution in [0.4, 0.5) is 0 Å². The van der Waals surface area contributed by atoms with Crippen molar-refractivity contribution in [2.75, 3.05) is 6.61 Å². The lowest BCUT2D eigenvalue weighted by molar-refractivity contribution is -0.00802. The van der Waals surface area contributed by atoms with Gasteiger partial charge in [0, 0.05) is 18.6 Å². The van der Waals surface area contributed by atoms with Crippen molar-refractivity contribution < 1.29 is 23.5 Å². The van der Waals surface area contributed by atoms with Crippen molar-refractivity contribution in [3.05, 3.63) is 38.9 Å². The van der Waals surface area contributed by atoms with Gasteiger partial charge in [0.1, 0.15) is 17.4 Å². The van der Waals surface area contributed by atoms with Crippen molar-refractivity contribution in [1.29, 1.82) is 5.26 Å². The average Bonchev–Trinajstić information content (AvgIpc) is 2.46. The highest BCUT2D eigenvalue weighted by Crippen LogP contribution is 2.56. The third-order valence-corrected chi connectivity index (χ3v) is 5.00. The Morgan fingerprint density at radius 3 is 2.61 bits per heavy atom. The molecule has 8 heteroatoms. The van der Waals surface area contributed by atoms with Gasteiger partial charge in [-0.15, -0.1) is 0 Å². The van der Waals surface area contributed by atoms with Crippen LogP contribution in [-0.2, 0) is 15.7 Å². The summed E-state index contributed by atoms with van der Waals surface area (Å²) in [4.78, 5) is 31.4. The largest absolute Gasteiger partial charge is 0.426 e. The molecule has 1 heterocycles. The van der Waals surface area contributed by atoms with Crippen LogP contribution < -0.4 is 5.63 Å². The summed E-state index contributed by atoms with van der Waals surface area (Å²) in [5, 5.41) is 8.82. The van der Waals surface area contributed by atoms with E-state index in [4.69, 9.17) is 14.4 Å². The average molecular weight is 339 g/mol. The summed E-state index contributed by atoms with van der Waals surface area (Å²) in [7, 11) is -4.65. The van der Waals surface area contributed by atoms with E-state index in [-0.39, 0.29) is 34.2 Å². The second kappa shape index (κ2) is 6.06. The minimum atomic E-state index is -4.65. The van der Waals surface area contributed by atoms with Gasteiger partial charge in [-0.2, -0.15) is 5.26 Å². The van der Waals surface area contributed by atoms with Crippen LogP contribution in [0, 0.1) is 18.3 Å². The molecule has 0 radical (unpaired) electrons. The van der Waals surface area contributed by atoms with Gasteiger partial charge in [-0.3, -0.25) is 4.57 Å². The zero-order valence-electron chi connectivity index (χ0n) is 13.1. The zero-order valence-corrected chi connectivity index (χ0v) is 14.0. The zero-order chi connectivity index (χ0) is 17.4. The van der Waals surface area contributed by atoms with E-state index in [1.54, 1.807) is 13.0 Å². The van der Waals surface area contributed by atoms with Gasteiger partial charge in [-0.1, -0.05) is 6.92 Å². The summed E-state index contributed by atoms with van der Waals surface area (Å²) in [6.45, 7) is 5.42. The second-order valence-electron chi connectivity index (χ2n) is 5.40. The van der Waals surface area contributed by atoms with E-state index in [2.05, 4.69) is 0 Å². The summed E-state index contributed by atoms with van der Waals surface area (Å²) in [5.41, 5.74) is -1.65. The molecule has 0 spiro atoms. The van der Waals surface area contributed by atoms with Gasteiger partial charge in [0.2, 0.25) is 0 Å². The number of hydrogen-bond donors (Lipinski definition) is 2. The van der Waals surface area contributed by atoms with Gasteiger partial charge in [0.05, 0.1) is 10.9 Å². The smallest absolute Gasteiger partial charge is 0.356 e. The molecular weight excluding hydrogens is 321 g/mol. The molecule has 0 bridgehead atoms. The van der Waals surface area contributed by atoms with Crippen LogP contribution in [0.1, 0.15) is 42.7 Å². The van der Waals surface area contributed by atoms with Crippen molar-refractivity contribution >= 4 is 12.9 Å². The van der Waals surface area contributed by atoms with E-state index in [1.807, 2.05) is 6.92 Å². The maximum absolute atomic E-state index is 12.0. The summed E-state index contributed by atoms with van der Waals surface area (Å²) < 4.78 is 22.8. The second-order valence-corrected chi connectivity index (χ2v) is 6.97. The SMILES string of the molecule is CCOC1(CC)C=C(P(=O)(O)O)c2c(oc(=O)c(C#N)c2C)C1.